The van der Waals surface area contributed by atoms with E-state index >= 15 is 0 Å². The van der Waals surface area contributed by atoms with Crippen LogP contribution in [0, 0.1) is 5.92 Å². The van der Waals surface area contributed by atoms with E-state index in [1.165, 1.54) is 5.56 Å². The van der Waals surface area contributed by atoms with E-state index < -0.39 is 0 Å². The highest BCUT2D eigenvalue weighted by molar-refractivity contribution is 5.76. The number of ether oxygens (including phenoxy) is 1. The van der Waals surface area contributed by atoms with Crippen LogP contribution in [-0.2, 0) is 11.2 Å². The molecule has 0 aliphatic heterocycles. The van der Waals surface area contributed by atoms with Crippen LogP contribution < -0.4 is 16.2 Å². The molecule has 0 saturated heterocycles. The summed E-state index contributed by atoms with van der Waals surface area (Å²) in [7, 11) is 0. The molecule has 1 amide bonds. The topological polar surface area (TPSA) is 78.3 Å². The summed E-state index contributed by atoms with van der Waals surface area (Å²) in [5.41, 5.74) is 12.2. The lowest BCUT2D eigenvalue weighted by atomic mass is 10.0. The van der Waals surface area contributed by atoms with Gasteiger partial charge in [0.25, 0.3) is 0 Å². The molecule has 0 aromatic heterocycles. The Morgan fingerprint density at radius 3 is 2.44 bits per heavy atom. The van der Waals surface area contributed by atoms with Crippen LogP contribution in [0.4, 0.5) is 0 Å². The van der Waals surface area contributed by atoms with Crippen molar-refractivity contribution in [2.75, 3.05) is 6.61 Å². The number of hydrogen-bond donors (Lipinski definition) is 2. The lowest BCUT2D eigenvalue weighted by molar-refractivity contribution is -0.122. The third-order valence-electron chi connectivity index (χ3n) is 2.93. The summed E-state index contributed by atoms with van der Waals surface area (Å²) in [5.74, 6) is 0.121. The first-order chi connectivity index (χ1) is 8.52. The molecule has 0 aliphatic rings. The molecule has 0 heterocycles. The van der Waals surface area contributed by atoms with E-state index in [1.807, 2.05) is 24.3 Å². The lowest BCUT2D eigenvalue weighted by Gasteiger charge is -2.11. The van der Waals surface area contributed by atoms with Gasteiger partial charge in [-0.15, -0.1) is 0 Å². The van der Waals surface area contributed by atoms with Gasteiger partial charge in [-0.2, -0.15) is 0 Å². The van der Waals surface area contributed by atoms with E-state index in [-0.39, 0.29) is 17.9 Å². The number of hydrogen-bond acceptors (Lipinski definition) is 3. The first-order valence-corrected chi connectivity index (χ1v) is 6.29. The van der Waals surface area contributed by atoms with Gasteiger partial charge in [-0.3, -0.25) is 4.79 Å². The van der Waals surface area contributed by atoms with E-state index in [2.05, 4.69) is 6.92 Å². The highest BCUT2D eigenvalue weighted by Crippen LogP contribution is 2.14. The van der Waals surface area contributed by atoms with E-state index in [0.29, 0.717) is 6.61 Å². The number of carbonyl (C=O) groups excluding carboxylic acids is 1. The number of primary amides is 1. The first-order valence-electron chi connectivity index (χ1n) is 6.29. The highest BCUT2D eigenvalue weighted by atomic mass is 16.5. The Hall–Kier alpha value is -1.55. The molecule has 0 bridgehead atoms. The van der Waals surface area contributed by atoms with Gasteiger partial charge < -0.3 is 16.2 Å². The second-order valence-electron chi connectivity index (χ2n) is 4.63. The number of rotatable bonds is 7. The second kappa shape index (κ2) is 7.01. The number of amides is 1. The normalized spacial score (nSPS) is 13.9. The Balaban J connectivity index is 2.47. The minimum Gasteiger partial charge on any atom is -0.493 e. The summed E-state index contributed by atoms with van der Waals surface area (Å²) < 4.78 is 5.48. The third kappa shape index (κ3) is 4.75. The monoisotopic (exact) mass is 250 g/mol. The molecule has 4 nitrogen and oxygen atoms in total. The van der Waals surface area contributed by atoms with Crippen LogP contribution in [0.15, 0.2) is 24.3 Å². The molecular formula is C14H22N2O2. The van der Waals surface area contributed by atoms with Gasteiger partial charge in [0.1, 0.15) is 5.75 Å². The highest BCUT2D eigenvalue weighted by Gasteiger charge is 2.09. The smallest absolute Gasteiger partial charge is 0.223 e. The van der Waals surface area contributed by atoms with Gasteiger partial charge in [0.2, 0.25) is 5.91 Å². The molecule has 1 aromatic carbocycles. The molecule has 0 saturated carbocycles. The summed E-state index contributed by atoms with van der Waals surface area (Å²) in [6, 6.07) is 7.99. The van der Waals surface area contributed by atoms with Crippen molar-refractivity contribution in [2.24, 2.45) is 17.4 Å². The van der Waals surface area contributed by atoms with Gasteiger partial charge in [0, 0.05) is 6.04 Å². The average Bonchev–Trinajstić information content (AvgIpc) is 2.37. The van der Waals surface area contributed by atoms with Crippen LogP contribution >= 0.6 is 0 Å². The maximum Gasteiger partial charge on any atom is 0.223 e. The van der Waals surface area contributed by atoms with Crippen molar-refractivity contribution in [3.8, 4) is 5.75 Å². The summed E-state index contributed by atoms with van der Waals surface area (Å²) in [4.78, 5) is 10.9. The molecule has 1 aromatic rings. The predicted molar refractivity (Wildman–Crippen MR) is 72.3 cm³/mol. The van der Waals surface area contributed by atoms with Gasteiger partial charge in [0.05, 0.1) is 12.5 Å². The van der Waals surface area contributed by atoms with Gasteiger partial charge in [-0.1, -0.05) is 26.0 Å². The molecule has 2 unspecified atom stereocenters. The quantitative estimate of drug-likeness (QED) is 0.769. The van der Waals surface area contributed by atoms with Gasteiger partial charge in [-0.25, -0.2) is 0 Å². The Kier molecular flexibility index (Phi) is 5.65. The fourth-order valence-corrected chi connectivity index (χ4v) is 1.47. The van der Waals surface area contributed by atoms with Crippen molar-refractivity contribution < 1.29 is 9.53 Å². The Bertz CT molecular complexity index is 376. The Morgan fingerprint density at radius 2 is 1.94 bits per heavy atom. The third-order valence-corrected chi connectivity index (χ3v) is 2.93. The van der Waals surface area contributed by atoms with Crippen LogP contribution in [0.3, 0.4) is 0 Å². The predicted octanol–water partition coefficient (Wildman–Crippen LogP) is 1.47. The minimum absolute atomic E-state index is 0.201. The largest absolute Gasteiger partial charge is 0.493 e. The van der Waals surface area contributed by atoms with Crippen LogP contribution in [0.2, 0.25) is 0 Å². The average molecular weight is 250 g/mol. The zero-order chi connectivity index (χ0) is 13.5. The molecule has 2 atom stereocenters. The lowest BCUT2D eigenvalue weighted by Crippen LogP contribution is -2.25. The zero-order valence-corrected chi connectivity index (χ0v) is 11.1. The summed E-state index contributed by atoms with van der Waals surface area (Å²) in [6.45, 7) is 4.13. The van der Waals surface area contributed by atoms with E-state index in [9.17, 15) is 4.79 Å². The van der Waals surface area contributed by atoms with E-state index in [0.717, 1.165) is 18.6 Å². The Morgan fingerprint density at radius 1 is 1.33 bits per heavy atom. The molecular weight excluding hydrogens is 228 g/mol. The van der Waals surface area contributed by atoms with Crippen molar-refractivity contribution in [1.82, 2.24) is 0 Å². The molecule has 0 spiro atoms. The molecule has 18 heavy (non-hydrogen) atoms. The Labute approximate surface area is 108 Å². The standard InChI is InChI=1S/C14H22N2O2/c1-3-12(15)8-11-4-6-13(7-5-11)18-9-10(2)14(16)17/h4-7,10,12H,3,8-9,15H2,1-2H3,(H2,16,17). The molecule has 1 rings (SSSR count). The van der Waals surface area contributed by atoms with E-state index in [1.54, 1.807) is 6.92 Å². The zero-order valence-electron chi connectivity index (χ0n) is 11.1. The SMILES string of the molecule is CCC(N)Cc1ccc(OCC(C)C(N)=O)cc1. The summed E-state index contributed by atoms with van der Waals surface area (Å²) in [6.07, 6.45) is 1.84. The fourth-order valence-electron chi connectivity index (χ4n) is 1.47. The van der Waals surface area contributed by atoms with Crippen LogP contribution in [0.5, 0.6) is 5.75 Å². The first kappa shape index (κ1) is 14.5. The molecule has 0 radical (unpaired) electrons. The van der Waals surface area contributed by atoms with Crippen molar-refractivity contribution >= 4 is 5.91 Å². The molecule has 4 heteroatoms. The number of benzene rings is 1. The molecule has 4 N–H and O–H groups in total. The van der Waals surface area contributed by atoms with Crippen molar-refractivity contribution in [3.05, 3.63) is 29.8 Å². The minimum atomic E-state index is -0.347. The van der Waals surface area contributed by atoms with Crippen molar-refractivity contribution in [3.63, 3.8) is 0 Å². The van der Waals surface area contributed by atoms with Crippen LogP contribution in [0.1, 0.15) is 25.8 Å². The van der Waals surface area contributed by atoms with Crippen LogP contribution in [-0.4, -0.2) is 18.6 Å². The number of carbonyl (C=O) groups is 1. The maximum atomic E-state index is 10.9. The maximum absolute atomic E-state index is 10.9. The van der Waals surface area contributed by atoms with Gasteiger partial charge in [-0.05, 0) is 30.5 Å². The molecule has 100 valence electrons. The second-order valence-corrected chi connectivity index (χ2v) is 4.63. The molecule has 0 fully saturated rings. The van der Waals surface area contributed by atoms with Crippen LogP contribution in [0.25, 0.3) is 0 Å². The fraction of sp³-hybridized carbons (Fsp3) is 0.500. The van der Waals surface area contributed by atoms with Crippen molar-refractivity contribution in [2.45, 2.75) is 32.7 Å². The number of nitrogens with two attached hydrogens (primary N) is 2. The van der Waals surface area contributed by atoms with Gasteiger partial charge >= 0.3 is 0 Å². The molecule has 0 aliphatic carbocycles. The summed E-state index contributed by atoms with van der Waals surface area (Å²) >= 11 is 0. The van der Waals surface area contributed by atoms with Crippen molar-refractivity contribution in [1.29, 1.82) is 0 Å². The van der Waals surface area contributed by atoms with Gasteiger partial charge in [0.15, 0.2) is 0 Å². The summed E-state index contributed by atoms with van der Waals surface area (Å²) in [5, 5.41) is 0. The van der Waals surface area contributed by atoms with E-state index in [4.69, 9.17) is 16.2 Å².